The third-order valence-corrected chi connectivity index (χ3v) is 3.26. The fourth-order valence-electron chi connectivity index (χ4n) is 1.47. The number of hydrogen-bond acceptors (Lipinski definition) is 6. The van der Waals surface area contributed by atoms with Gasteiger partial charge in [-0.05, 0) is 11.8 Å². The highest BCUT2D eigenvalue weighted by Gasteiger charge is 2.47. The van der Waals surface area contributed by atoms with Crippen molar-refractivity contribution in [3.05, 3.63) is 0 Å². The Kier molecular flexibility index (Phi) is 2.46. The lowest BCUT2D eigenvalue weighted by molar-refractivity contribution is -0.218. The second-order valence-electron chi connectivity index (χ2n) is 2.92. The van der Waals surface area contributed by atoms with Crippen molar-refractivity contribution in [3.63, 3.8) is 0 Å². The Balaban J connectivity index is 2.07. The van der Waals surface area contributed by atoms with E-state index in [0.717, 1.165) is 11.8 Å². The first-order valence-electron chi connectivity index (χ1n) is 3.92. The third-order valence-electron chi connectivity index (χ3n) is 2.12. The number of methoxy groups -OCH3 is 1. The van der Waals surface area contributed by atoms with Crippen LogP contribution in [0, 0.1) is 0 Å². The standard InChI is InChI=1S/C7H10O5S/c1-10-6-4(8)5-3(2-11-6)12-7(9)13-5/h3-6,8H,2H2,1H3/t3-,4+,5-,6-/m0/s1. The first kappa shape index (κ1) is 9.26. The van der Waals surface area contributed by atoms with E-state index < -0.39 is 12.4 Å². The summed E-state index contributed by atoms with van der Waals surface area (Å²) in [6, 6.07) is 0. The Morgan fingerprint density at radius 1 is 1.69 bits per heavy atom. The van der Waals surface area contributed by atoms with Crippen LogP contribution in [0.1, 0.15) is 0 Å². The first-order valence-corrected chi connectivity index (χ1v) is 4.80. The lowest BCUT2D eigenvalue weighted by atomic mass is 10.1. The molecule has 74 valence electrons. The molecular weight excluding hydrogens is 196 g/mol. The van der Waals surface area contributed by atoms with Crippen LogP contribution >= 0.6 is 11.8 Å². The lowest BCUT2D eigenvalue weighted by Crippen LogP contribution is -2.50. The predicted octanol–water partition coefficient (Wildman–Crippen LogP) is -0.0294. The largest absolute Gasteiger partial charge is 0.450 e. The fourth-order valence-corrected chi connectivity index (χ4v) is 2.43. The molecule has 0 aromatic rings. The average Bonchev–Trinajstić information content (AvgIpc) is 2.47. The van der Waals surface area contributed by atoms with Gasteiger partial charge in [0.1, 0.15) is 12.2 Å². The third kappa shape index (κ3) is 1.54. The molecule has 0 bridgehead atoms. The number of aliphatic hydroxyl groups is 1. The Hall–Kier alpha value is -0.300. The zero-order valence-electron chi connectivity index (χ0n) is 7.00. The summed E-state index contributed by atoms with van der Waals surface area (Å²) < 4.78 is 14.9. The maximum Gasteiger partial charge on any atom is 0.368 e. The van der Waals surface area contributed by atoms with Crippen molar-refractivity contribution in [1.82, 2.24) is 0 Å². The van der Waals surface area contributed by atoms with Gasteiger partial charge < -0.3 is 19.3 Å². The van der Waals surface area contributed by atoms with Crippen LogP contribution in [0.5, 0.6) is 0 Å². The summed E-state index contributed by atoms with van der Waals surface area (Å²) in [6.07, 6.45) is -1.79. The Morgan fingerprint density at radius 2 is 2.46 bits per heavy atom. The van der Waals surface area contributed by atoms with Gasteiger partial charge in [0.25, 0.3) is 0 Å². The number of hydrogen-bond donors (Lipinski definition) is 1. The lowest BCUT2D eigenvalue weighted by Gasteiger charge is -2.33. The molecule has 2 fully saturated rings. The molecule has 0 aromatic heterocycles. The zero-order chi connectivity index (χ0) is 9.42. The molecule has 13 heavy (non-hydrogen) atoms. The van der Waals surface area contributed by atoms with Gasteiger partial charge in [0.15, 0.2) is 6.29 Å². The molecule has 0 unspecified atom stereocenters. The van der Waals surface area contributed by atoms with E-state index in [1.54, 1.807) is 0 Å². The Morgan fingerprint density at radius 3 is 3.15 bits per heavy atom. The second kappa shape index (κ2) is 3.45. The van der Waals surface area contributed by atoms with Crippen molar-refractivity contribution in [2.24, 2.45) is 0 Å². The number of carbonyl (C=O) groups is 1. The molecule has 0 aliphatic carbocycles. The molecule has 0 aromatic carbocycles. The van der Waals surface area contributed by atoms with E-state index in [-0.39, 0.29) is 16.7 Å². The normalized spacial score (nSPS) is 44.3. The highest BCUT2D eigenvalue weighted by Crippen LogP contribution is 2.35. The smallest absolute Gasteiger partial charge is 0.368 e. The van der Waals surface area contributed by atoms with Crippen LogP contribution in [0.4, 0.5) is 4.79 Å². The summed E-state index contributed by atoms with van der Waals surface area (Å²) in [5.74, 6) is 0. The number of fused-ring (bicyclic) bond motifs is 1. The summed E-state index contributed by atoms with van der Waals surface area (Å²) >= 11 is 1.01. The molecule has 0 amide bonds. The summed E-state index contributed by atoms with van der Waals surface area (Å²) in [6.45, 7) is 0.291. The van der Waals surface area contributed by atoms with Crippen LogP contribution in [0.15, 0.2) is 0 Å². The molecule has 2 rings (SSSR count). The van der Waals surface area contributed by atoms with Crippen LogP contribution in [0.25, 0.3) is 0 Å². The van der Waals surface area contributed by atoms with E-state index >= 15 is 0 Å². The van der Waals surface area contributed by atoms with Gasteiger partial charge in [-0.1, -0.05) is 0 Å². The van der Waals surface area contributed by atoms with E-state index in [4.69, 9.17) is 14.2 Å². The molecule has 0 spiro atoms. The second-order valence-corrected chi connectivity index (χ2v) is 4.03. The molecular formula is C7H10O5S. The minimum atomic E-state index is -0.805. The maximum atomic E-state index is 10.9. The topological polar surface area (TPSA) is 65.0 Å². The van der Waals surface area contributed by atoms with Gasteiger partial charge in [-0.25, -0.2) is 4.79 Å². The number of ether oxygens (including phenoxy) is 3. The summed E-state index contributed by atoms with van der Waals surface area (Å²) in [5.41, 5.74) is 0. The SMILES string of the molecule is CO[C@H]1OC[C@@H]2OC(=O)S[C@@H]2[C@H]1O. The molecule has 2 aliphatic heterocycles. The van der Waals surface area contributed by atoms with Gasteiger partial charge in [-0.3, -0.25) is 0 Å². The Labute approximate surface area is 79.3 Å². The van der Waals surface area contributed by atoms with Crippen LogP contribution in [0.3, 0.4) is 0 Å². The highest BCUT2D eigenvalue weighted by molar-refractivity contribution is 8.14. The minimum Gasteiger partial charge on any atom is -0.450 e. The van der Waals surface area contributed by atoms with Crippen molar-refractivity contribution in [2.45, 2.75) is 23.7 Å². The quantitative estimate of drug-likeness (QED) is 0.608. The predicted molar refractivity (Wildman–Crippen MR) is 44.4 cm³/mol. The van der Waals surface area contributed by atoms with Crippen LogP contribution in [0.2, 0.25) is 0 Å². The average molecular weight is 206 g/mol. The molecule has 0 saturated carbocycles. The molecule has 2 aliphatic rings. The van der Waals surface area contributed by atoms with Gasteiger partial charge in [0.05, 0.1) is 11.9 Å². The maximum absolute atomic E-state index is 10.9. The molecule has 2 heterocycles. The molecule has 1 N–H and O–H groups in total. The van der Waals surface area contributed by atoms with Crippen molar-refractivity contribution >= 4 is 17.1 Å². The van der Waals surface area contributed by atoms with E-state index in [1.165, 1.54) is 7.11 Å². The van der Waals surface area contributed by atoms with Crippen molar-refractivity contribution < 1.29 is 24.1 Å². The number of thioether (sulfide) groups is 1. The molecule has 5 nitrogen and oxygen atoms in total. The minimum absolute atomic E-state index is 0.258. The number of aliphatic hydroxyl groups excluding tert-OH is 1. The first-order chi connectivity index (χ1) is 6.22. The summed E-state index contributed by atoms with van der Waals surface area (Å²) in [4.78, 5) is 10.9. The van der Waals surface area contributed by atoms with Crippen LogP contribution < -0.4 is 0 Å². The highest BCUT2D eigenvalue weighted by atomic mass is 32.2. The van der Waals surface area contributed by atoms with E-state index in [1.807, 2.05) is 0 Å². The van der Waals surface area contributed by atoms with E-state index in [2.05, 4.69) is 0 Å². The van der Waals surface area contributed by atoms with Gasteiger partial charge in [-0.15, -0.1) is 0 Å². The van der Waals surface area contributed by atoms with Crippen molar-refractivity contribution in [3.8, 4) is 0 Å². The van der Waals surface area contributed by atoms with Gasteiger partial charge >= 0.3 is 5.30 Å². The van der Waals surface area contributed by atoms with Crippen LogP contribution in [-0.4, -0.2) is 47.9 Å². The van der Waals surface area contributed by atoms with Crippen molar-refractivity contribution in [2.75, 3.05) is 13.7 Å². The fraction of sp³-hybridized carbons (Fsp3) is 0.857. The Bertz CT molecular complexity index is 221. The van der Waals surface area contributed by atoms with Crippen molar-refractivity contribution in [1.29, 1.82) is 0 Å². The van der Waals surface area contributed by atoms with Gasteiger partial charge in [0, 0.05) is 7.11 Å². The van der Waals surface area contributed by atoms with Crippen LogP contribution in [-0.2, 0) is 14.2 Å². The van der Waals surface area contributed by atoms with Gasteiger partial charge in [-0.2, -0.15) is 0 Å². The van der Waals surface area contributed by atoms with E-state index in [0.29, 0.717) is 6.61 Å². The number of rotatable bonds is 1. The monoisotopic (exact) mass is 206 g/mol. The number of carbonyl (C=O) groups excluding carboxylic acids is 1. The van der Waals surface area contributed by atoms with E-state index in [9.17, 15) is 9.90 Å². The molecule has 0 radical (unpaired) electrons. The summed E-state index contributed by atoms with van der Waals surface area (Å²) in [5, 5.41) is 9.04. The van der Waals surface area contributed by atoms with Gasteiger partial charge in [0.2, 0.25) is 0 Å². The molecule has 4 atom stereocenters. The molecule has 2 saturated heterocycles. The molecule has 6 heteroatoms. The zero-order valence-corrected chi connectivity index (χ0v) is 7.82. The summed E-state index contributed by atoms with van der Waals surface area (Å²) in [7, 11) is 1.45.